The van der Waals surface area contributed by atoms with Gasteiger partial charge in [-0.15, -0.1) is 11.8 Å². The van der Waals surface area contributed by atoms with E-state index in [9.17, 15) is 15.0 Å². The number of ether oxygens (including phenoxy) is 2. The van der Waals surface area contributed by atoms with E-state index in [1.165, 1.54) is 64.2 Å². The molecular weight excluding hydrogens is 388 g/mol. The number of hydrogen-bond donors (Lipinski definition) is 2. The Hall–Kier alpha value is -0.300. The second-order valence-corrected chi connectivity index (χ2v) is 9.42. The Labute approximate surface area is 182 Å². The van der Waals surface area contributed by atoms with Crippen LogP contribution in [0, 0.1) is 0 Å². The van der Waals surface area contributed by atoms with E-state index in [0.29, 0.717) is 6.42 Å². The molecule has 4 atom stereocenters. The molecule has 0 spiro atoms. The molecule has 6 heteroatoms. The molecule has 0 saturated carbocycles. The van der Waals surface area contributed by atoms with Gasteiger partial charge in [0.05, 0.1) is 0 Å². The number of aliphatic hydroxyl groups excluding tert-OH is 2. The third-order valence-corrected chi connectivity index (χ3v) is 6.73. The van der Waals surface area contributed by atoms with Gasteiger partial charge in [-0.1, -0.05) is 84.5 Å². The van der Waals surface area contributed by atoms with Crippen LogP contribution in [0.25, 0.3) is 0 Å². The molecule has 0 radical (unpaired) electrons. The van der Waals surface area contributed by atoms with Gasteiger partial charge < -0.3 is 19.7 Å². The van der Waals surface area contributed by atoms with E-state index < -0.39 is 23.7 Å². The molecule has 1 heterocycles. The first-order valence-corrected chi connectivity index (χ1v) is 12.9. The maximum absolute atomic E-state index is 11.9. The van der Waals surface area contributed by atoms with Crippen molar-refractivity contribution in [1.29, 1.82) is 0 Å². The van der Waals surface area contributed by atoms with Crippen molar-refractivity contribution in [2.45, 2.75) is 127 Å². The zero-order chi connectivity index (χ0) is 21.3. The number of rotatable bonds is 18. The van der Waals surface area contributed by atoms with Crippen molar-refractivity contribution in [1.82, 2.24) is 0 Å². The molecule has 0 aromatic heterocycles. The maximum atomic E-state index is 11.9. The van der Waals surface area contributed by atoms with Gasteiger partial charge in [0.1, 0.15) is 30.4 Å². The Balaban J connectivity index is 2.09. The maximum Gasteiger partial charge on any atom is 0.305 e. The summed E-state index contributed by atoms with van der Waals surface area (Å²) in [5.41, 5.74) is -0.438. The van der Waals surface area contributed by atoms with Crippen LogP contribution in [0.4, 0.5) is 0 Å². The normalized spacial score (nSPS) is 24.1. The highest BCUT2D eigenvalue weighted by atomic mass is 32.2. The van der Waals surface area contributed by atoms with Crippen LogP contribution in [-0.4, -0.2) is 52.3 Å². The summed E-state index contributed by atoms with van der Waals surface area (Å²) in [7, 11) is 0. The predicted molar refractivity (Wildman–Crippen MR) is 120 cm³/mol. The van der Waals surface area contributed by atoms with E-state index in [4.69, 9.17) is 9.47 Å². The molecule has 0 aromatic rings. The quantitative estimate of drug-likeness (QED) is 0.229. The molecule has 1 aliphatic rings. The standard InChI is InChI=1S/C23H44O5S/c1-3-5-7-9-11-12-14-16-20(24)27-18-19-21(25)22(26)23(28-19)29-17-15-13-10-8-6-4-2/h19,21-23,25-26H,3-18H2,1-2H3/t19-,21+,22+,23+/m1/s1. The van der Waals surface area contributed by atoms with E-state index in [1.807, 2.05) is 0 Å². The lowest BCUT2D eigenvalue weighted by Crippen LogP contribution is -2.34. The van der Waals surface area contributed by atoms with Gasteiger partial charge in [-0.25, -0.2) is 0 Å². The summed E-state index contributed by atoms with van der Waals surface area (Å²) in [5.74, 6) is 0.665. The highest BCUT2D eigenvalue weighted by Gasteiger charge is 2.43. The first-order chi connectivity index (χ1) is 14.1. The fraction of sp³-hybridized carbons (Fsp3) is 0.957. The Morgan fingerprint density at radius 3 is 2.00 bits per heavy atom. The monoisotopic (exact) mass is 432 g/mol. The van der Waals surface area contributed by atoms with Gasteiger partial charge >= 0.3 is 5.97 Å². The molecule has 0 aromatic carbocycles. The zero-order valence-corrected chi connectivity index (χ0v) is 19.5. The lowest BCUT2D eigenvalue weighted by atomic mass is 10.1. The van der Waals surface area contributed by atoms with Crippen molar-refractivity contribution < 1.29 is 24.5 Å². The Morgan fingerprint density at radius 2 is 1.38 bits per heavy atom. The molecule has 1 fully saturated rings. The van der Waals surface area contributed by atoms with Crippen LogP contribution in [0.15, 0.2) is 0 Å². The minimum absolute atomic E-state index is 0.0155. The SMILES string of the molecule is CCCCCCCCCC(=O)OC[C@H]1O[C@@H](SCCCCCCCC)[C@@H](O)[C@H]1O. The fourth-order valence-electron chi connectivity index (χ4n) is 3.55. The Bertz CT molecular complexity index is 407. The summed E-state index contributed by atoms with van der Waals surface area (Å²) < 4.78 is 11.0. The number of aliphatic hydroxyl groups is 2. The number of hydrogen-bond acceptors (Lipinski definition) is 6. The lowest BCUT2D eigenvalue weighted by molar-refractivity contribution is -0.148. The summed E-state index contributed by atoms with van der Waals surface area (Å²) in [6.45, 7) is 4.43. The number of unbranched alkanes of at least 4 members (excludes halogenated alkanes) is 11. The third kappa shape index (κ3) is 12.2. The van der Waals surface area contributed by atoms with Crippen molar-refractivity contribution >= 4 is 17.7 Å². The summed E-state index contributed by atoms with van der Waals surface area (Å²) in [6, 6.07) is 0. The highest BCUT2D eigenvalue weighted by molar-refractivity contribution is 7.99. The summed E-state index contributed by atoms with van der Waals surface area (Å²) in [6.07, 6.45) is 13.3. The lowest BCUT2D eigenvalue weighted by Gasteiger charge is -2.14. The van der Waals surface area contributed by atoms with E-state index >= 15 is 0 Å². The molecule has 172 valence electrons. The highest BCUT2D eigenvalue weighted by Crippen LogP contribution is 2.30. The zero-order valence-electron chi connectivity index (χ0n) is 18.7. The van der Waals surface area contributed by atoms with E-state index in [-0.39, 0.29) is 12.6 Å². The summed E-state index contributed by atoms with van der Waals surface area (Å²) >= 11 is 1.55. The van der Waals surface area contributed by atoms with Gasteiger partial charge in [0.15, 0.2) is 0 Å². The molecule has 5 nitrogen and oxygen atoms in total. The first kappa shape index (κ1) is 26.7. The second kappa shape index (κ2) is 17.4. The Morgan fingerprint density at radius 1 is 0.828 bits per heavy atom. The molecule has 1 rings (SSSR count). The van der Waals surface area contributed by atoms with Crippen LogP contribution in [0.2, 0.25) is 0 Å². The minimum Gasteiger partial charge on any atom is -0.463 e. The van der Waals surface area contributed by atoms with Crippen LogP contribution in [-0.2, 0) is 14.3 Å². The molecule has 0 amide bonds. The van der Waals surface area contributed by atoms with Crippen LogP contribution in [0.3, 0.4) is 0 Å². The molecular formula is C23H44O5S. The molecule has 1 saturated heterocycles. The number of thioether (sulfide) groups is 1. The van der Waals surface area contributed by atoms with Crippen molar-refractivity contribution in [3.05, 3.63) is 0 Å². The van der Waals surface area contributed by atoms with Gasteiger partial charge in [-0.3, -0.25) is 4.79 Å². The van der Waals surface area contributed by atoms with E-state index in [1.54, 1.807) is 11.8 Å². The first-order valence-electron chi connectivity index (χ1n) is 11.9. The summed E-state index contributed by atoms with van der Waals surface area (Å²) in [5, 5.41) is 20.4. The van der Waals surface area contributed by atoms with Crippen LogP contribution in [0.5, 0.6) is 0 Å². The molecule has 0 bridgehead atoms. The van der Waals surface area contributed by atoms with Gasteiger partial charge in [-0.05, 0) is 18.6 Å². The molecule has 0 aliphatic carbocycles. The van der Waals surface area contributed by atoms with Gasteiger partial charge in [0.25, 0.3) is 0 Å². The van der Waals surface area contributed by atoms with Gasteiger partial charge in [-0.2, -0.15) is 0 Å². The minimum atomic E-state index is -0.997. The summed E-state index contributed by atoms with van der Waals surface area (Å²) in [4.78, 5) is 11.9. The van der Waals surface area contributed by atoms with Crippen LogP contribution < -0.4 is 0 Å². The number of esters is 1. The van der Waals surface area contributed by atoms with E-state index in [2.05, 4.69) is 13.8 Å². The third-order valence-electron chi connectivity index (χ3n) is 5.49. The second-order valence-electron chi connectivity index (χ2n) is 8.22. The largest absolute Gasteiger partial charge is 0.463 e. The topological polar surface area (TPSA) is 76.0 Å². The molecule has 29 heavy (non-hydrogen) atoms. The smallest absolute Gasteiger partial charge is 0.305 e. The van der Waals surface area contributed by atoms with E-state index in [0.717, 1.165) is 25.0 Å². The van der Waals surface area contributed by atoms with Crippen molar-refractivity contribution in [3.63, 3.8) is 0 Å². The van der Waals surface area contributed by atoms with Crippen molar-refractivity contribution in [2.24, 2.45) is 0 Å². The average molecular weight is 433 g/mol. The van der Waals surface area contributed by atoms with Crippen molar-refractivity contribution in [3.8, 4) is 0 Å². The average Bonchev–Trinajstić information content (AvgIpc) is 2.99. The van der Waals surface area contributed by atoms with Gasteiger partial charge in [0.2, 0.25) is 0 Å². The number of carbonyl (C=O) groups excluding carboxylic acids is 1. The van der Waals surface area contributed by atoms with Crippen LogP contribution >= 0.6 is 11.8 Å². The number of carbonyl (C=O) groups is 1. The fourth-order valence-corrected chi connectivity index (χ4v) is 4.73. The van der Waals surface area contributed by atoms with Crippen molar-refractivity contribution in [2.75, 3.05) is 12.4 Å². The predicted octanol–water partition coefficient (Wildman–Crippen LogP) is 5.21. The molecule has 0 unspecified atom stereocenters. The molecule has 2 N–H and O–H groups in total. The molecule has 1 aliphatic heterocycles. The Kier molecular flexibility index (Phi) is 16.0. The van der Waals surface area contributed by atoms with Crippen LogP contribution in [0.1, 0.15) is 104 Å². The van der Waals surface area contributed by atoms with Gasteiger partial charge in [0, 0.05) is 6.42 Å².